The Bertz CT molecular complexity index is 574. The van der Waals surface area contributed by atoms with Crippen LogP contribution in [-0.4, -0.2) is 59.1 Å². The van der Waals surface area contributed by atoms with Crippen molar-refractivity contribution in [1.29, 1.82) is 0 Å². The van der Waals surface area contributed by atoms with Crippen LogP contribution in [0, 0.1) is 5.92 Å². The van der Waals surface area contributed by atoms with Gasteiger partial charge in [-0.2, -0.15) is 0 Å². The third-order valence-corrected chi connectivity index (χ3v) is 6.05. The maximum absolute atomic E-state index is 6.09. The average molecular weight is 329 g/mol. The second kappa shape index (κ2) is 6.14. The van der Waals surface area contributed by atoms with Gasteiger partial charge >= 0.3 is 0 Å². The van der Waals surface area contributed by atoms with Crippen LogP contribution in [0.5, 0.6) is 0 Å². The SMILES string of the molecule is CC(C)N(C1=C2C=CN([C@H]3CN4CCC3CC4)C=C2OC1)C(C)C. The second-order valence-electron chi connectivity index (χ2n) is 8.21. The number of rotatable bonds is 4. The summed E-state index contributed by atoms with van der Waals surface area (Å²) in [6.45, 7) is 13.5. The van der Waals surface area contributed by atoms with Gasteiger partial charge in [-0.3, -0.25) is 0 Å². The summed E-state index contributed by atoms with van der Waals surface area (Å²) in [7, 11) is 0. The molecule has 5 heterocycles. The molecule has 0 aromatic carbocycles. The van der Waals surface area contributed by atoms with Crippen LogP contribution < -0.4 is 0 Å². The van der Waals surface area contributed by atoms with Gasteiger partial charge in [0.15, 0.2) is 0 Å². The first kappa shape index (κ1) is 16.1. The topological polar surface area (TPSA) is 19.0 Å². The molecular formula is C20H31N3O. The second-order valence-corrected chi connectivity index (χ2v) is 8.21. The standard InChI is InChI=1S/C20H31N3O/c1-14(2)23(15(3)4)19-13-24-20-12-22(10-7-17(19)20)18-11-21-8-5-16(18)6-9-21/h7,10,12,14-16,18H,5-6,8-9,11,13H2,1-4H3/t18-/m0/s1. The number of hydrogen-bond donors (Lipinski definition) is 0. The van der Waals surface area contributed by atoms with Crippen molar-refractivity contribution in [2.24, 2.45) is 5.92 Å². The monoisotopic (exact) mass is 329 g/mol. The van der Waals surface area contributed by atoms with Crippen molar-refractivity contribution in [2.45, 2.75) is 58.7 Å². The molecule has 0 aromatic rings. The Hall–Kier alpha value is -1.42. The molecule has 0 aromatic heterocycles. The molecule has 4 nitrogen and oxygen atoms in total. The van der Waals surface area contributed by atoms with Gasteiger partial charge in [0.25, 0.3) is 0 Å². The van der Waals surface area contributed by atoms with Crippen molar-refractivity contribution in [2.75, 3.05) is 26.2 Å². The Kier molecular flexibility index (Phi) is 4.11. The highest BCUT2D eigenvalue weighted by atomic mass is 16.5. The van der Waals surface area contributed by atoms with E-state index in [2.05, 4.69) is 60.9 Å². The van der Waals surface area contributed by atoms with Crippen LogP contribution in [0.25, 0.3) is 0 Å². The molecule has 5 aliphatic heterocycles. The van der Waals surface area contributed by atoms with E-state index in [1.807, 2.05) is 0 Å². The van der Waals surface area contributed by atoms with Crippen molar-refractivity contribution in [3.8, 4) is 0 Å². The van der Waals surface area contributed by atoms with Gasteiger partial charge in [-0.05, 0) is 65.6 Å². The molecule has 3 fully saturated rings. The van der Waals surface area contributed by atoms with Gasteiger partial charge in [0.1, 0.15) is 12.4 Å². The number of allylic oxidation sites excluding steroid dienone is 1. The number of fused-ring (bicyclic) bond motifs is 4. The highest BCUT2D eigenvalue weighted by Gasteiger charge is 2.38. The van der Waals surface area contributed by atoms with Crippen molar-refractivity contribution in [3.05, 3.63) is 35.5 Å². The molecule has 0 radical (unpaired) electrons. The number of piperidine rings is 3. The lowest BCUT2D eigenvalue weighted by Gasteiger charge is -2.48. The van der Waals surface area contributed by atoms with Crippen LogP contribution in [0.4, 0.5) is 0 Å². The molecule has 3 saturated heterocycles. The van der Waals surface area contributed by atoms with E-state index >= 15 is 0 Å². The van der Waals surface area contributed by atoms with E-state index < -0.39 is 0 Å². The van der Waals surface area contributed by atoms with Gasteiger partial charge in [-0.25, -0.2) is 0 Å². The summed E-state index contributed by atoms with van der Waals surface area (Å²) in [4.78, 5) is 7.53. The van der Waals surface area contributed by atoms with E-state index in [0.717, 1.165) is 11.7 Å². The van der Waals surface area contributed by atoms with E-state index in [1.54, 1.807) is 0 Å². The van der Waals surface area contributed by atoms with Crippen LogP contribution in [0.1, 0.15) is 40.5 Å². The van der Waals surface area contributed by atoms with E-state index in [9.17, 15) is 0 Å². The Morgan fingerprint density at radius 1 is 1.12 bits per heavy atom. The van der Waals surface area contributed by atoms with Crippen molar-refractivity contribution in [3.63, 3.8) is 0 Å². The fourth-order valence-corrected chi connectivity index (χ4v) is 4.98. The molecule has 0 amide bonds. The number of hydrogen-bond acceptors (Lipinski definition) is 4. The normalized spacial score (nSPS) is 31.7. The Labute approximate surface area is 146 Å². The summed E-state index contributed by atoms with van der Waals surface area (Å²) >= 11 is 0. The first-order valence-corrected chi connectivity index (χ1v) is 9.59. The highest BCUT2D eigenvalue weighted by Crippen LogP contribution is 2.37. The summed E-state index contributed by atoms with van der Waals surface area (Å²) in [6, 6.07) is 1.60. The third-order valence-electron chi connectivity index (χ3n) is 6.05. The van der Waals surface area contributed by atoms with Gasteiger partial charge < -0.3 is 19.4 Å². The van der Waals surface area contributed by atoms with Crippen LogP contribution >= 0.6 is 0 Å². The van der Waals surface area contributed by atoms with Crippen molar-refractivity contribution >= 4 is 0 Å². The molecule has 5 rings (SSSR count). The molecule has 0 aliphatic carbocycles. The Balaban J connectivity index is 1.57. The minimum absolute atomic E-state index is 0.490. The zero-order chi connectivity index (χ0) is 16.8. The lowest BCUT2D eigenvalue weighted by molar-refractivity contribution is 0.0398. The molecule has 132 valence electrons. The maximum Gasteiger partial charge on any atom is 0.145 e. The highest BCUT2D eigenvalue weighted by molar-refractivity contribution is 5.46. The van der Waals surface area contributed by atoms with Crippen LogP contribution in [0.3, 0.4) is 0 Å². The fraction of sp³-hybridized carbons (Fsp3) is 0.700. The number of ether oxygens (including phenoxy) is 1. The fourth-order valence-electron chi connectivity index (χ4n) is 4.98. The average Bonchev–Trinajstić information content (AvgIpc) is 2.98. The van der Waals surface area contributed by atoms with Crippen LogP contribution in [0.2, 0.25) is 0 Å². The van der Waals surface area contributed by atoms with Crippen LogP contribution in [-0.2, 0) is 4.74 Å². The number of nitrogens with zero attached hydrogens (tertiary/aromatic N) is 3. The lowest BCUT2D eigenvalue weighted by Crippen LogP contribution is -2.55. The summed E-state index contributed by atoms with van der Waals surface area (Å²) < 4.78 is 6.09. The maximum atomic E-state index is 6.09. The smallest absolute Gasteiger partial charge is 0.145 e. The minimum atomic E-state index is 0.490. The van der Waals surface area contributed by atoms with Gasteiger partial charge in [-0.15, -0.1) is 0 Å². The first-order chi connectivity index (χ1) is 11.5. The van der Waals surface area contributed by atoms with Gasteiger partial charge in [0, 0.05) is 42.6 Å². The Morgan fingerprint density at radius 3 is 2.42 bits per heavy atom. The van der Waals surface area contributed by atoms with Crippen molar-refractivity contribution in [1.82, 2.24) is 14.7 Å². The summed E-state index contributed by atoms with van der Waals surface area (Å²) in [5, 5.41) is 0. The minimum Gasteiger partial charge on any atom is -0.485 e. The zero-order valence-corrected chi connectivity index (χ0v) is 15.5. The molecule has 5 aliphatic rings. The van der Waals surface area contributed by atoms with Crippen molar-refractivity contribution < 1.29 is 4.74 Å². The van der Waals surface area contributed by atoms with Gasteiger partial charge in [0.05, 0.1) is 5.70 Å². The quantitative estimate of drug-likeness (QED) is 0.788. The molecule has 0 spiro atoms. The van der Waals surface area contributed by atoms with E-state index in [0.29, 0.717) is 24.7 Å². The van der Waals surface area contributed by atoms with E-state index in [-0.39, 0.29) is 0 Å². The van der Waals surface area contributed by atoms with Crippen LogP contribution in [0.15, 0.2) is 35.5 Å². The first-order valence-electron chi connectivity index (χ1n) is 9.59. The molecule has 1 atom stereocenters. The van der Waals surface area contributed by atoms with Gasteiger partial charge in [0.2, 0.25) is 0 Å². The molecule has 0 N–H and O–H groups in total. The van der Waals surface area contributed by atoms with E-state index in [4.69, 9.17) is 4.74 Å². The predicted molar refractivity (Wildman–Crippen MR) is 97.1 cm³/mol. The predicted octanol–water partition coefficient (Wildman–Crippen LogP) is 3.15. The molecule has 2 bridgehead atoms. The molecule has 0 saturated carbocycles. The largest absolute Gasteiger partial charge is 0.485 e. The summed E-state index contributed by atoms with van der Waals surface area (Å²) in [5.74, 6) is 1.90. The molecular weight excluding hydrogens is 298 g/mol. The molecule has 0 unspecified atom stereocenters. The Morgan fingerprint density at radius 2 is 1.83 bits per heavy atom. The molecule has 24 heavy (non-hydrogen) atoms. The molecule has 4 heteroatoms. The van der Waals surface area contributed by atoms with Gasteiger partial charge in [-0.1, -0.05) is 0 Å². The summed E-state index contributed by atoms with van der Waals surface area (Å²) in [5.41, 5.74) is 2.63. The third kappa shape index (κ3) is 2.65. The zero-order valence-electron chi connectivity index (χ0n) is 15.5. The summed E-state index contributed by atoms with van der Waals surface area (Å²) in [6.07, 6.45) is 9.53. The lowest BCUT2D eigenvalue weighted by atomic mass is 9.83. The van der Waals surface area contributed by atoms with E-state index in [1.165, 1.54) is 43.7 Å².